The van der Waals surface area contributed by atoms with Crippen LogP contribution in [0.2, 0.25) is 10.0 Å². The lowest BCUT2D eigenvalue weighted by Crippen LogP contribution is -2.48. The molecule has 1 heterocycles. The van der Waals surface area contributed by atoms with Crippen LogP contribution in [0, 0.1) is 0 Å². The molecule has 0 aliphatic carbocycles. The highest BCUT2D eigenvalue weighted by atomic mass is 35.5. The van der Waals surface area contributed by atoms with Gasteiger partial charge in [-0.1, -0.05) is 23.2 Å². The van der Waals surface area contributed by atoms with E-state index in [9.17, 15) is 18.3 Å². The predicted octanol–water partition coefficient (Wildman–Crippen LogP) is 2.76. The van der Waals surface area contributed by atoms with E-state index < -0.39 is 22.0 Å². The summed E-state index contributed by atoms with van der Waals surface area (Å²) >= 11 is 11.7. The third kappa shape index (κ3) is 4.10. The fourth-order valence-electron chi connectivity index (χ4n) is 2.47. The van der Waals surface area contributed by atoms with E-state index in [4.69, 9.17) is 23.2 Å². The molecule has 2 rings (SSSR count). The first-order valence-electron chi connectivity index (χ1n) is 6.47. The summed E-state index contributed by atoms with van der Waals surface area (Å²) in [5.41, 5.74) is 0.446. The van der Waals surface area contributed by atoms with Gasteiger partial charge in [0.1, 0.15) is 6.04 Å². The smallest absolute Gasteiger partial charge is 0.322 e. The van der Waals surface area contributed by atoms with Gasteiger partial charge in [-0.2, -0.15) is 4.31 Å². The summed E-state index contributed by atoms with van der Waals surface area (Å²) < 4.78 is 26.0. The Balaban J connectivity index is 2.26. The first-order valence-corrected chi connectivity index (χ1v) is 8.83. The molecule has 0 saturated carbocycles. The lowest BCUT2D eigenvalue weighted by Gasteiger charge is -2.31. The molecule has 8 heteroatoms. The molecule has 1 saturated heterocycles. The van der Waals surface area contributed by atoms with Crippen LogP contribution >= 0.6 is 23.2 Å². The van der Waals surface area contributed by atoms with Crippen LogP contribution in [0.4, 0.5) is 0 Å². The van der Waals surface area contributed by atoms with Crippen LogP contribution < -0.4 is 0 Å². The van der Waals surface area contributed by atoms with Crippen LogP contribution in [0.25, 0.3) is 0 Å². The molecule has 0 aromatic heterocycles. The van der Waals surface area contributed by atoms with Crippen LogP contribution in [-0.2, 0) is 20.6 Å². The monoisotopic (exact) mass is 351 g/mol. The maximum atomic E-state index is 12.5. The van der Waals surface area contributed by atoms with Crippen molar-refractivity contribution in [3.63, 3.8) is 0 Å². The van der Waals surface area contributed by atoms with Gasteiger partial charge in [0.25, 0.3) is 0 Å². The summed E-state index contributed by atoms with van der Waals surface area (Å²) in [6, 6.07) is 3.56. The number of benzene rings is 1. The topological polar surface area (TPSA) is 74.7 Å². The first-order chi connectivity index (χ1) is 9.79. The minimum absolute atomic E-state index is 0.230. The van der Waals surface area contributed by atoms with Crippen molar-refractivity contribution in [2.75, 3.05) is 6.54 Å². The number of aliphatic carboxylic acids is 1. The van der Waals surface area contributed by atoms with Crippen molar-refractivity contribution in [1.29, 1.82) is 0 Å². The highest BCUT2D eigenvalue weighted by Gasteiger charge is 2.36. The van der Waals surface area contributed by atoms with Crippen molar-refractivity contribution >= 4 is 39.2 Å². The Morgan fingerprint density at radius 2 is 1.86 bits per heavy atom. The standard InChI is InChI=1S/C13H15Cl2NO4S/c14-10-5-9(6-11(15)7-10)8-21(19,20)16-4-2-1-3-12(16)13(17)18/h5-7,12H,1-4,8H2,(H,17,18). The Morgan fingerprint density at radius 3 is 2.43 bits per heavy atom. The number of carboxylic acid groups (broad SMARTS) is 1. The first kappa shape index (κ1) is 16.5. The summed E-state index contributed by atoms with van der Waals surface area (Å²) in [5.74, 6) is -1.42. The molecule has 21 heavy (non-hydrogen) atoms. The van der Waals surface area contributed by atoms with Gasteiger partial charge in [-0.15, -0.1) is 0 Å². The fourth-order valence-corrected chi connectivity index (χ4v) is 4.79. The number of carbonyl (C=O) groups is 1. The SMILES string of the molecule is O=C(O)C1CCCCN1S(=O)(=O)Cc1cc(Cl)cc(Cl)c1. The summed E-state index contributed by atoms with van der Waals surface area (Å²) in [5, 5.41) is 9.87. The van der Waals surface area contributed by atoms with Gasteiger partial charge in [0, 0.05) is 16.6 Å². The van der Waals surface area contributed by atoms with E-state index in [1.165, 1.54) is 18.2 Å². The second kappa shape index (κ2) is 6.52. The molecule has 0 radical (unpaired) electrons. The number of halogens is 2. The van der Waals surface area contributed by atoms with E-state index in [2.05, 4.69) is 0 Å². The van der Waals surface area contributed by atoms with Crippen molar-refractivity contribution in [3.8, 4) is 0 Å². The van der Waals surface area contributed by atoms with Crippen LogP contribution in [0.15, 0.2) is 18.2 Å². The summed E-state index contributed by atoms with van der Waals surface area (Å²) in [7, 11) is -3.73. The van der Waals surface area contributed by atoms with E-state index in [-0.39, 0.29) is 12.3 Å². The molecule has 1 N–H and O–H groups in total. The Bertz CT molecular complexity index is 627. The zero-order valence-corrected chi connectivity index (χ0v) is 13.5. The zero-order valence-electron chi connectivity index (χ0n) is 11.1. The molecule has 0 bridgehead atoms. The van der Waals surface area contributed by atoms with Crippen molar-refractivity contribution in [1.82, 2.24) is 4.31 Å². The lowest BCUT2D eigenvalue weighted by atomic mass is 10.1. The van der Waals surface area contributed by atoms with E-state index in [0.717, 1.165) is 4.31 Å². The van der Waals surface area contributed by atoms with Crippen LogP contribution in [0.5, 0.6) is 0 Å². The normalized spacial score (nSPS) is 20.4. The van der Waals surface area contributed by atoms with Gasteiger partial charge in [-0.05, 0) is 43.0 Å². The van der Waals surface area contributed by atoms with Crippen LogP contribution in [0.1, 0.15) is 24.8 Å². The molecule has 1 aliphatic heterocycles. The molecule has 1 fully saturated rings. The second-order valence-corrected chi connectivity index (χ2v) is 7.79. The Hall–Kier alpha value is -0.820. The summed E-state index contributed by atoms with van der Waals surface area (Å²) in [4.78, 5) is 11.2. The maximum Gasteiger partial charge on any atom is 0.322 e. The van der Waals surface area contributed by atoms with Crippen molar-refractivity contribution in [2.24, 2.45) is 0 Å². The molecule has 5 nitrogen and oxygen atoms in total. The lowest BCUT2D eigenvalue weighted by molar-refractivity contribution is -0.142. The molecule has 1 unspecified atom stereocenters. The van der Waals surface area contributed by atoms with E-state index >= 15 is 0 Å². The highest BCUT2D eigenvalue weighted by Crippen LogP contribution is 2.25. The number of sulfonamides is 1. The fraction of sp³-hybridized carbons (Fsp3) is 0.462. The third-order valence-electron chi connectivity index (χ3n) is 3.37. The van der Waals surface area contributed by atoms with E-state index in [0.29, 0.717) is 34.9 Å². The van der Waals surface area contributed by atoms with Gasteiger partial charge in [0.15, 0.2) is 0 Å². The molecule has 1 aromatic rings. The van der Waals surface area contributed by atoms with Gasteiger partial charge >= 0.3 is 5.97 Å². The Labute approximate surface area is 133 Å². The van der Waals surface area contributed by atoms with Crippen molar-refractivity contribution in [2.45, 2.75) is 31.1 Å². The van der Waals surface area contributed by atoms with Crippen molar-refractivity contribution in [3.05, 3.63) is 33.8 Å². The zero-order chi connectivity index (χ0) is 15.6. The highest BCUT2D eigenvalue weighted by molar-refractivity contribution is 7.88. The minimum atomic E-state index is -3.73. The van der Waals surface area contributed by atoms with Gasteiger partial charge in [0.05, 0.1) is 5.75 Å². The molecule has 1 aliphatic rings. The van der Waals surface area contributed by atoms with Gasteiger partial charge in [0.2, 0.25) is 10.0 Å². The molecule has 0 amide bonds. The quantitative estimate of drug-likeness (QED) is 0.904. The predicted molar refractivity (Wildman–Crippen MR) is 81.1 cm³/mol. The van der Waals surface area contributed by atoms with E-state index in [1.54, 1.807) is 0 Å². The number of rotatable bonds is 4. The average Bonchev–Trinajstić information content (AvgIpc) is 2.36. The van der Waals surface area contributed by atoms with E-state index in [1.807, 2.05) is 0 Å². The number of hydrogen-bond acceptors (Lipinski definition) is 3. The third-order valence-corrected chi connectivity index (χ3v) is 5.65. The summed E-state index contributed by atoms with van der Waals surface area (Å²) in [6.07, 6.45) is 1.72. The Morgan fingerprint density at radius 1 is 1.24 bits per heavy atom. The molecule has 0 spiro atoms. The average molecular weight is 352 g/mol. The second-order valence-electron chi connectivity index (χ2n) is 4.99. The minimum Gasteiger partial charge on any atom is -0.480 e. The maximum absolute atomic E-state index is 12.5. The van der Waals surface area contributed by atoms with Crippen LogP contribution in [-0.4, -0.2) is 36.4 Å². The number of nitrogens with zero attached hydrogens (tertiary/aromatic N) is 1. The van der Waals surface area contributed by atoms with Gasteiger partial charge in [-0.25, -0.2) is 8.42 Å². The Kier molecular flexibility index (Phi) is 5.14. The number of hydrogen-bond donors (Lipinski definition) is 1. The molecule has 1 atom stereocenters. The number of piperidine rings is 1. The number of carboxylic acids is 1. The van der Waals surface area contributed by atoms with Gasteiger partial charge in [-0.3, -0.25) is 4.79 Å². The van der Waals surface area contributed by atoms with Crippen LogP contribution in [0.3, 0.4) is 0 Å². The molecular formula is C13H15Cl2NO4S. The molecule has 116 valence electrons. The molecular weight excluding hydrogens is 337 g/mol. The molecule has 1 aromatic carbocycles. The summed E-state index contributed by atoms with van der Waals surface area (Å²) in [6.45, 7) is 0.230. The van der Waals surface area contributed by atoms with Crippen molar-refractivity contribution < 1.29 is 18.3 Å². The largest absolute Gasteiger partial charge is 0.480 e. The van der Waals surface area contributed by atoms with Gasteiger partial charge < -0.3 is 5.11 Å².